The van der Waals surface area contributed by atoms with Crippen molar-refractivity contribution in [1.82, 2.24) is 0 Å². The van der Waals surface area contributed by atoms with Crippen LogP contribution < -0.4 is 29.6 Å². The van der Waals surface area contributed by atoms with Crippen LogP contribution in [0, 0.1) is 0 Å². The van der Waals surface area contributed by atoms with Crippen molar-refractivity contribution in [3.05, 3.63) is 0 Å². The minimum atomic E-state index is -6.67. The Balaban J connectivity index is -0.000000845. The molecule has 0 atom stereocenters. The third-order valence-corrected chi connectivity index (χ3v) is 2.92. The Hall–Kier alpha value is 0.540. The molecule has 0 radical (unpaired) electrons. The van der Waals surface area contributed by atoms with Crippen molar-refractivity contribution in [2.24, 2.45) is 0 Å². The van der Waals surface area contributed by atoms with Crippen molar-refractivity contribution in [1.29, 1.82) is 0 Å². The molecule has 0 unspecified atom stereocenters. The van der Waals surface area contributed by atoms with E-state index in [9.17, 15) is 34.4 Å². The van der Waals surface area contributed by atoms with Crippen LogP contribution in [0.25, 0.3) is 0 Å². The third kappa shape index (κ3) is 3.01. The summed E-state index contributed by atoms with van der Waals surface area (Å²) in [5.41, 5.74) is 0. The molecule has 0 aromatic heterocycles. The summed E-state index contributed by atoms with van der Waals surface area (Å²) in [7, 11) is -13.3. The quantitative estimate of drug-likeness (QED) is 0.326. The van der Waals surface area contributed by atoms with E-state index in [4.69, 9.17) is 9.11 Å². The van der Waals surface area contributed by atoms with E-state index in [1.165, 1.54) is 0 Å². The van der Waals surface area contributed by atoms with E-state index in [1.807, 2.05) is 0 Å². The first-order valence-corrected chi connectivity index (χ1v) is 5.33. The predicted molar refractivity (Wildman–Crippen MR) is 34.1 cm³/mol. The topological polar surface area (TPSA) is 109 Å². The van der Waals surface area contributed by atoms with E-state index >= 15 is 0 Å². The van der Waals surface area contributed by atoms with E-state index in [2.05, 4.69) is 0 Å². The molecular formula is C2H3F4NaO6S2. The van der Waals surface area contributed by atoms with Gasteiger partial charge in [-0.3, -0.25) is 9.11 Å². The molecule has 0 spiro atoms. The normalized spacial score (nSPS) is 14.5. The molecule has 0 amide bonds. The van der Waals surface area contributed by atoms with Gasteiger partial charge in [0.15, 0.2) is 0 Å². The van der Waals surface area contributed by atoms with Crippen LogP contribution in [0.5, 0.6) is 0 Å². The second kappa shape index (κ2) is 4.43. The molecule has 15 heavy (non-hydrogen) atoms. The zero-order valence-corrected chi connectivity index (χ0v) is 10.5. The van der Waals surface area contributed by atoms with Gasteiger partial charge in [0.25, 0.3) is 0 Å². The largest absolute Gasteiger partial charge is 1.00 e. The monoisotopic (exact) mass is 286 g/mol. The second-order valence-electron chi connectivity index (χ2n) is 1.98. The first kappa shape index (κ1) is 17.9. The minimum absolute atomic E-state index is 0. The van der Waals surface area contributed by atoms with Crippen molar-refractivity contribution in [2.75, 3.05) is 0 Å². The molecule has 88 valence electrons. The van der Waals surface area contributed by atoms with Crippen LogP contribution in [0.15, 0.2) is 0 Å². The Kier molecular flexibility index (Phi) is 5.29. The Morgan fingerprint density at radius 1 is 0.800 bits per heavy atom. The fourth-order valence-corrected chi connectivity index (χ4v) is 1.53. The SMILES string of the molecule is O=S(=O)(O)C(F)(F)C(F)(F)S(=O)(=O)O.[H-].[Na+]. The molecule has 2 N–H and O–H groups in total. The van der Waals surface area contributed by atoms with Crippen LogP contribution in [-0.2, 0) is 20.2 Å². The molecule has 0 aromatic carbocycles. The molecule has 0 saturated carbocycles. The maximum Gasteiger partial charge on any atom is 1.00 e. The van der Waals surface area contributed by atoms with Crippen molar-refractivity contribution in [2.45, 2.75) is 10.5 Å². The molecule has 0 rings (SSSR count). The van der Waals surface area contributed by atoms with Gasteiger partial charge in [0, 0.05) is 0 Å². The van der Waals surface area contributed by atoms with E-state index in [1.54, 1.807) is 0 Å². The van der Waals surface area contributed by atoms with Gasteiger partial charge < -0.3 is 1.43 Å². The van der Waals surface area contributed by atoms with Crippen LogP contribution in [0.1, 0.15) is 1.43 Å². The standard InChI is InChI=1S/C2H2F4O6S2.Na.H/c3-1(4,13(7,8)9)2(5,6)14(10,11)12;;/h(H,7,8,9)(H,10,11,12);;/q;+1;-1. The number of rotatable bonds is 3. The van der Waals surface area contributed by atoms with Crippen molar-refractivity contribution in [3.63, 3.8) is 0 Å². The maximum absolute atomic E-state index is 12.1. The molecule has 0 aliphatic rings. The summed E-state index contributed by atoms with van der Waals surface area (Å²) >= 11 is 0. The van der Waals surface area contributed by atoms with Gasteiger partial charge in [-0.05, 0) is 0 Å². The minimum Gasteiger partial charge on any atom is -1.00 e. The molecule has 6 nitrogen and oxygen atoms in total. The van der Waals surface area contributed by atoms with Crippen LogP contribution in [0.4, 0.5) is 17.6 Å². The number of hydrogen-bond acceptors (Lipinski definition) is 4. The van der Waals surface area contributed by atoms with E-state index in [0.29, 0.717) is 0 Å². The van der Waals surface area contributed by atoms with Gasteiger partial charge in [0.05, 0.1) is 0 Å². The molecule has 0 heterocycles. The Morgan fingerprint density at radius 2 is 0.933 bits per heavy atom. The molecule has 0 fully saturated rings. The summed E-state index contributed by atoms with van der Waals surface area (Å²) in [6, 6.07) is 0. The molecule has 0 saturated heterocycles. The molecule has 0 aliphatic carbocycles. The zero-order valence-electron chi connectivity index (χ0n) is 7.86. The molecule has 0 aromatic rings. The summed E-state index contributed by atoms with van der Waals surface area (Å²) in [5, 5.41) is -12.7. The first-order chi connectivity index (χ1) is 5.75. The smallest absolute Gasteiger partial charge is 1.00 e. The second-order valence-corrected chi connectivity index (χ2v) is 4.91. The molecule has 13 heteroatoms. The maximum atomic E-state index is 12.1. The van der Waals surface area contributed by atoms with Crippen LogP contribution >= 0.6 is 0 Å². The summed E-state index contributed by atoms with van der Waals surface area (Å²) in [5.74, 6) is 0. The van der Waals surface area contributed by atoms with Crippen LogP contribution in [-0.4, -0.2) is 36.5 Å². The average molecular weight is 286 g/mol. The average Bonchev–Trinajstić information content (AvgIpc) is 1.81. The van der Waals surface area contributed by atoms with E-state index < -0.39 is 30.7 Å². The van der Waals surface area contributed by atoms with Gasteiger partial charge in [-0.25, -0.2) is 0 Å². The van der Waals surface area contributed by atoms with Crippen molar-refractivity contribution in [3.8, 4) is 0 Å². The Bertz CT molecular complexity index is 387. The van der Waals surface area contributed by atoms with Crippen LogP contribution in [0.3, 0.4) is 0 Å². The summed E-state index contributed by atoms with van der Waals surface area (Å²) in [4.78, 5) is 0. The summed E-state index contributed by atoms with van der Waals surface area (Å²) < 4.78 is 102. The van der Waals surface area contributed by atoms with E-state index in [-0.39, 0.29) is 31.0 Å². The zero-order chi connectivity index (χ0) is 12.0. The first-order valence-electron chi connectivity index (χ1n) is 2.45. The fraction of sp³-hybridized carbons (Fsp3) is 1.00. The Morgan fingerprint density at radius 3 is 1.00 bits per heavy atom. The van der Waals surface area contributed by atoms with Crippen molar-refractivity contribution < 1.29 is 74.5 Å². The predicted octanol–water partition coefficient (Wildman–Crippen LogP) is -2.94. The Labute approximate surface area is 105 Å². The number of halogens is 4. The molecule has 0 bridgehead atoms. The van der Waals surface area contributed by atoms with Gasteiger partial charge in [0.2, 0.25) is 0 Å². The number of hydrogen-bond donors (Lipinski definition) is 2. The fourth-order valence-electron chi connectivity index (χ4n) is 0.300. The molecular weight excluding hydrogens is 283 g/mol. The third-order valence-electron chi connectivity index (χ3n) is 0.987. The van der Waals surface area contributed by atoms with Crippen molar-refractivity contribution >= 4 is 20.2 Å². The van der Waals surface area contributed by atoms with Gasteiger partial charge in [-0.2, -0.15) is 34.4 Å². The van der Waals surface area contributed by atoms with Gasteiger partial charge in [-0.1, -0.05) is 0 Å². The number of alkyl halides is 4. The molecule has 0 aliphatic heterocycles. The van der Waals surface area contributed by atoms with Gasteiger partial charge in [-0.15, -0.1) is 0 Å². The van der Waals surface area contributed by atoms with Crippen LogP contribution in [0.2, 0.25) is 0 Å². The van der Waals surface area contributed by atoms with Gasteiger partial charge >= 0.3 is 60.3 Å². The summed E-state index contributed by atoms with van der Waals surface area (Å²) in [6.07, 6.45) is 0. The van der Waals surface area contributed by atoms with E-state index in [0.717, 1.165) is 0 Å². The van der Waals surface area contributed by atoms with Gasteiger partial charge in [0.1, 0.15) is 0 Å². The summed E-state index contributed by atoms with van der Waals surface area (Å²) in [6.45, 7) is 0.